The van der Waals surface area contributed by atoms with Crippen molar-refractivity contribution in [2.45, 2.75) is 25.9 Å². The molecule has 0 heterocycles. The molecule has 0 spiro atoms. The number of hydrogen-bond acceptors (Lipinski definition) is 0. The third-order valence-corrected chi connectivity index (χ3v) is 3.80. The van der Waals surface area contributed by atoms with E-state index in [-0.39, 0.29) is 93.7 Å². The number of benzene rings is 3. The Hall–Kier alpha value is 0.187. The first-order chi connectivity index (χ1) is 14.3. The summed E-state index contributed by atoms with van der Waals surface area (Å²) in [5.41, 5.74) is 2.42. The minimum atomic E-state index is -0.346. The molecule has 4 N–H and O–H groups in total. The summed E-state index contributed by atoms with van der Waals surface area (Å²) in [6, 6.07) is 32.8. The van der Waals surface area contributed by atoms with Gasteiger partial charge < -0.3 is 37.8 Å². The molecule has 36 heavy (non-hydrogen) atoms. The normalized spacial score (nSPS) is 9.06. The zero-order valence-electron chi connectivity index (χ0n) is 22.3. The van der Waals surface area contributed by atoms with Crippen molar-refractivity contribution in [2.75, 3.05) is 14.1 Å². The third kappa shape index (κ3) is 25.8. The van der Waals surface area contributed by atoms with E-state index in [2.05, 4.69) is 34.9 Å². The van der Waals surface area contributed by atoms with E-state index in [1.807, 2.05) is 101 Å². The predicted molar refractivity (Wildman–Crippen MR) is 172 cm³/mol. The van der Waals surface area contributed by atoms with Gasteiger partial charge in [0.2, 0.25) is 0 Å². The molecule has 3 rings (SSSR count). The van der Waals surface area contributed by atoms with Gasteiger partial charge in [-0.1, -0.05) is 122 Å². The van der Waals surface area contributed by atoms with Crippen LogP contribution in [0.3, 0.4) is 0 Å². The van der Waals surface area contributed by atoms with E-state index in [4.69, 9.17) is 19.4 Å². The van der Waals surface area contributed by atoms with Crippen molar-refractivity contribution < 1.29 is 34.6 Å². The molecule has 0 radical (unpaired) electrons. The van der Waals surface area contributed by atoms with Crippen molar-refractivity contribution >= 4 is 39.2 Å². The summed E-state index contributed by atoms with van der Waals surface area (Å²) in [5, 5.41) is 9.02. The average Bonchev–Trinajstić information content (AvgIpc) is 2.82. The summed E-state index contributed by atoms with van der Waals surface area (Å²) < 4.78 is 0. The Bertz CT molecular complexity index is 636. The molecule has 0 saturated heterocycles. The fourth-order valence-electron chi connectivity index (χ4n) is 2.63. The summed E-state index contributed by atoms with van der Waals surface area (Å²) in [4.78, 5) is 0. The van der Waals surface area contributed by atoms with E-state index in [1.54, 1.807) is 0 Å². The van der Waals surface area contributed by atoms with Crippen LogP contribution < -0.4 is 0 Å². The molecule has 3 aromatic rings. The zero-order chi connectivity index (χ0) is 21.7. The molecular formula is C26H46Cl2N4P2Ru2. The zero-order valence-corrected chi connectivity index (χ0v) is 30.1. The van der Waals surface area contributed by atoms with Crippen molar-refractivity contribution in [2.24, 2.45) is 0 Å². The van der Waals surface area contributed by atoms with E-state index in [1.165, 1.54) is 11.1 Å². The topological polar surface area (TPSA) is 95.2 Å². The smallest absolute Gasteiger partial charge is 0.693 e. The van der Waals surface area contributed by atoms with Gasteiger partial charge in [0.15, 0.2) is 0 Å². The van der Waals surface area contributed by atoms with Crippen molar-refractivity contribution in [1.82, 2.24) is 0 Å². The molecule has 0 saturated carbocycles. The third-order valence-electron chi connectivity index (χ3n) is 3.80. The number of nitrogens with zero attached hydrogens (tertiary/aromatic N) is 2. The van der Waals surface area contributed by atoms with Gasteiger partial charge in [-0.05, 0) is 0 Å². The van der Waals surface area contributed by atoms with Crippen LogP contribution in [0.25, 0.3) is 22.9 Å². The van der Waals surface area contributed by atoms with Gasteiger partial charge in [0.1, 0.15) is 0 Å². The van der Waals surface area contributed by atoms with Gasteiger partial charge in [-0.3, -0.25) is 0 Å². The molecule has 0 aliphatic carbocycles. The quantitative estimate of drug-likeness (QED) is 0.141. The van der Waals surface area contributed by atoms with Gasteiger partial charge >= 0.3 is 54.0 Å². The van der Waals surface area contributed by atoms with Crippen LogP contribution in [-0.2, 0) is 34.6 Å². The molecule has 4 nitrogen and oxygen atoms in total. The first-order valence-corrected chi connectivity index (χ1v) is 13.9. The van der Waals surface area contributed by atoms with E-state index >= 15 is 0 Å². The summed E-state index contributed by atoms with van der Waals surface area (Å²) in [7, 11) is 13.4. The number of nitrogens with two attached hydrogens (primary N) is 2. The van der Waals surface area contributed by atoms with Gasteiger partial charge in [0, 0.05) is 0 Å². The SMILES string of the molecule is CC.C[N-][C@@H](c1ccccc1)[C@@H]([N-]C)c1ccccc1.P.P.[CH3-].[CH3-].[Cl][Ru+2][Cl].[NH2-].[NH2-].[Ru+4].c1ccccc1. The molecule has 0 bridgehead atoms. The molecule has 0 aliphatic heterocycles. The molecule has 0 fully saturated rings. The summed E-state index contributed by atoms with van der Waals surface area (Å²) in [5.74, 6) is 0. The Morgan fingerprint density at radius 2 is 0.722 bits per heavy atom. The molecule has 4 atom stereocenters. The summed E-state index contributed by atoms with van der Waals surface area (Å²) >= 11 is -0.346. The van der Waals surface area contributed by atoms with Crippen LogP contribution in [0, 0.1) is 14.9 Å². The van der Waals surface area contributed by atoms with Crippen LogP contribution in [0.15, 0.2) is 97.1 Å². The first kappa shape index (κ1) is 56.4. The Labute approximate surface area is 258 Å². The van der Waals surface area contributed by atoms with Crippen LogP contribution in [0.2, 0.25) is 0 Å². The average molecular weight is 750 g/mol. The van der Waals surface area contributed by atoms with Gasteiger partial charge in [0.25, 0.3) is 0 Å². The molecule has 0 amide bonds. The second kappa shape index (κ2) is 42.3. The second-order valence-electron chi connectivity index (χ2n) is 5.43. The first-order valence-electron chi connectivity index (χ1n) is 9.41. The molecular weight excluding hydrogens is 703 g/mol. The monoisotopic (exact) mass is 750 g/mol. The maximum atomic E-state index is 4.85. The van der Waals surface area contributed by atoms with Crippen molar-refractivity contribution in [3.05, 3.63) is 146 Å². The van der Waals surface area contributed by atoms with Crippen molar-refractivity contribution in [3.63, 3.8) is 0 Å². The molecule has 210 valence electrons. The fourth-order valence-corrected chi connectivity index (χ4v) is 2.63. The maximum Gasteiger partial charge on any atom is 4.00 e. The van der Waals surface area contributed by atoms with Crippen LogP contribution in [0.4, 0.5) is 0 Å². The van der Waals surface area contributed by atoms with Crippen molar-refractivity contribution in [1.29, 1.82) is 0 Å². The number of rotatable bonds is 5. The largest absolute Gasteiger partial charge is 4.00 e. The van der Waals surface area contributed by atoms with Gasteiger partial charge in [-0.15, -0.1) is 12.1 Å². The van der Waals surface area contributed by atoms with E-state index in [9.17, 15) is 0 Å². The van der Waals surface area contributed by atoms with E-state index in [0.717, 1.165) is 0 Å². The Morgan fingerprint density at radius 1 is 0.556 bits per heavy atom. The van der Waals surface area contributed by atoms with Gasteiger partial charge in [-0.2, -0.15) is 33.9 Å². The number of hydrogen-bond donors (Lipinski definition) is 0. The van der Waals surface area contributed by atoms with E-state index in [0.29, 0.717) is 0 Å². The molecule has 3 aromatic carbocycles. The van der Waals surface area contributed by atoms with E-state index < -0.39 is 0 Å². The fraction of sp³-hybridized carbons (Fsp3) is 0.231. The van der Waals surface area contributed by atoms with Crippen LogP contribution in [-0.4, -0.2) is 14.1 Å². The minimum absolute atomic E-state index is 0. The second-order valence-corrected chi connectivity index (χ2v) is 8.07. The molecule has 2 unspecified atom stereocenters. The Morgan fingerprint density at radius 3 is 0.889 bits per heavy atom. The van der Waals surface area contributed by atoms with Crippen LogP contribution in [0.5, 0.6) is 0 Å². The molecule has 0 aliphatic rings. The van der Waals surface area contributed by atoms with Gasteiger partial charge in [0.05, 0.1) is 0 Å². The Kier molecular flexibility index (Phi) is 66.2. The molecule has 0 aromatic heterocycles. The van der Waals surface area contributed by atoms with Crippen LogP contribution in [0.1, 0.15) is 37.1 Å². The summed E-state index contributed by atoms with van der Waals surface area (Å²) in [6.45, 7) is 4.00. The minimum Gasteiger partial charge on any atom is -0.693 e. The standard InChI is InChI=1S/C16H18N2.C6H6.C2H6.2CH3.2ClH.2H2N.2H3P.2Ru/c1-17-15(13-9-5-3-6-10-13)16(18-2)14-11-7-4-8-12-14;1-2-4-6-5-3-1;1-2;;;;;;;;;;/h3-12,15-16H,1-2H3;1-6H;1-2H3;2*1H3;2*1H;2*1H2;2*1H3;;/q-2;;;2*-1;;;2*-1;;;2*+4/p-2/t15-,16-;;;;;;;;;;;;/m0............/s1. The van der Waals surface area contributed by atoms with Crippen LogP contribution >= 0.6 is 39.2 Å². The van der Waals surface area contributed by atoms with Crippen molar-refractivity contribution in [3.8, 4) is 0 Å². The maximum absolute atomic E-state index is 4.85. The number of likely N-dealkylation sites (N-methyl/N-ethyl adjacent to an activating group) is 2. The summed E-state index contributed by atoms with van der Waals surface area (Å²) in [6.07, 6.45) is 0. The number of halogens is 2. The molecule has 10 heteroatoms. The van der Waals surface area contributed by atoms with Gasteiger partial charge in [-0.25, -0.2) is 0 Å². The Balaban J connectivity index is -0.0000000628. The predicted octanol–water partition coefficient (Wildman–Crippen LogP) is 11.0.